The van der Waals surface area contributed by atoms with E-state index in [2.05, 4.69) is 32.0 Å². The third-order valence-corrected chi connectivity index (χ3v) is 4.34. The molecule has 1 fully saturated rings. The number of fused-ring (bicyclic) bond motifs is 1. The molecule has 0 saturated heterocycles. The molecule has 17 heavy (non-hydrogen) atoms. The molecule has 1 aromatic carbocycles. The van der Waals surface area contributed by atoms with E-state index < -0.39 is 0 Å². The van der Waals surface area contributed by atoms with Gasteiger partial charge in [-0.05, 0) is 47.8 Å². The first-order valence-electron chi connectivity index (χ1n) is 6.59. The predicted molar refractivity (Wildman–Crippen MR) is 69.1 cm³/mol. The number of hydrogen-bond donors (Lipinski definition) is 1. The van der Waals surface area contributed by atoms with E-state index in [1.165, 1.54) is 17.5 Å². The summed E-state index contributed by atoms with van der Waals surface area (Å²) in [6, 6.07) is 6.69. The first-order valence-corrected chi connectivity index (χ1v) is 6.59. The van der Waals surface area contributed by atoms with Crippen molar-refractivity contribution in [2.45, 2.75) is 39.2 Å². The minimum atomic E-state index is 0.192. The molecule has 2 unspecified atom stereocenters. The van der Waals surface area contributed by atoms with Crippen molar-refractivity contribution < 1.29 is 4.74 Å². The van der Waals surface area contributed by atoms with Crippen LogP contribution in [0, 0.1) is 11.3 Å². The Morgan fingerprint density at radius 2 is 2.18 bits per heavy atom. The van der Waals surface area contributed by atoms with Crippen LogP contribution in [0.4, 0.5) is 0 Å². The Balaban J connectivity index is 1.84. The quantitative estimate of drug-likeness (QED) is 0.849. The topological polar surface area (TPSA) is 35.2 Å². The fourth-order valence-corrected chi connectivity index (χ4v) is 2.94. The molecule has 0 bridgehead atoms. The SMILES string of the molecule is CC1(C)CC1C(N)c1ccc2c(c1)CCCO2. The fourth-order valence-electron chi connectivity index (χ4n) is 2.94. The van der Waals surface area contributed by atoms with Gasteiger partial charge in [-0.3, -0.25) is 0 Å². The zero-order valence-corrected chi connectivity index (χ0v) is 10.7. The molecule has 2 atom stereocenters. The average molecular weight is 231 g/mol. The highest BCUT2D eigenvalue weighted by Crippen LogP contribution is 2.57. The summed E-state index contributed by atoms with van der Waals surface area (Å²) in [6.07, 6.45) is 3.51. The lowest BCUT2D eigenvalue weighted by Gasteiger charge is -2.20. The Morgan fingerprint density at radius 1 is 1.41 bits per heavy atom. The maximum atomic E-state index is 6.37. The molecule has 0 radical (unpaired) electrons. The summed E-state index contributed by atoms with van der Waals surface area (Å²) in [6.45, 7) is 5.46. The molecule has 1 aromatic rings. The molecule has 2 nitrogen and oxygen atoms in total. The summed E-state index contributed by atoms with van der Waals surface area (Å²) in [5, 5.41) is 0. The van der Waals surface area contributed by atoms with Crippen molar-refractivity contribution in [3.05, 3.63) is 29.3 Å². The highest BCUT2D eigenvalue weighted by molar-refractivity contribution is 5.40. The average Bonchev–Trinajstić information content (AvgIpc) is 2.97. The van der Waals surface area contributed by atoms with Gasteiger partial charge in [0.1, 0.15) is 5.75 Å². The second-order valence-corrected chi connectivity index (χ2v) is 6.14. The fraction of sp³-hybridized carbons (Fsp3) is 0.600. The second-order valence-electron chi connectivity index (χ2n) is 6.14. The van der Waals surface area contributed by atoms with Crippen LogP contribution in [0.25, 0.3) is 0 Å². The van der Waals surface area contributed by atoms with Crippen LogP contribution < -0.4 is 10.5 Å². The molecule has 1 aliphatic heterocycles. The van der Waals surface area contributed by atoms with E-state index >= 15 is 0 Å². The van der Waals surface area contributed by atoms with Gasteiger partial charge in [-0.25, -0.2) is 0 Å². The van der Waals surface area contributed by atoms with Crippen molar-refractivity contribution in [3.63, 3.8) is 0 Å². The normalized spacial score (nSPS) is 26.9. The molecular weight excluding hydrogens is 210 g/mol. The van der Waals surface area contributed by atoms with Gasteiger partial charge in [0, 0.05) is 6.04 Å². The smallest absolute Gasteiger partial charge is 0.122 e. The summed E-state index contributed by atoms with van der Waals surface area (Å²) >= 11 is 0. The molecular formula is C15H21NO. The number of rotatable bonds is 2. The monoisotopic (exact) mass is 231 g/mol. The molecule has 3 rings (SSSR count). The Labute approximate surface area is 103 Å². The van der Waals surface area contributed by atoms with Gasteiger partial charge in [0.25, 0.3) is 0 Å². The lowest BCUT2D eigenvalue weighted by molar-refractivity contribution is 0.288. The molecule has 0 spiro atoms. The molecule has 1 aliphatic carbocycles. The number of nitrogens with two attached hydrogens (primary N) is 1. The van der Waals surface area contributed by atoms with Gasteiger partial charge in [0.05, 0.1) is 6.61 Å². The van der Waals surface area contributed by atoms with Crippen LogP contribution in [0.2, 0.25) is 0 Å². The van der Waals surface area contributed by atoms with Gasteiger partial charge in [0.2, 0.25) is 0 Å². The van der Waals surface area contributed by atoms with Gasteiger partial charge in [0.15, 0.2) is 0 Å². The van der Waals surface area contributed by atoms with Crippen LogP contribution >= 0.6 is 0 Å². The number of ether oxygens (including phenoxy) is 1. The van der Waals surface area contributed by atoms with Gasteiger partial charge >= 0.3 is 0 Å². The van der Waals surface area contributed by atoms with E-state index in [9.17, 15) is 0 Å². The molecule has 2 heteroatoms. The predicted octanol–water partition coefficient (Wildman–Crippen LogP) is 3.06. The third-order valence-electron chi connectivity index (χ3n) is 4.34. The van der Waals surface area contributed by atoms with Crippen molar-refractivity contribution in [1.82, 2.24) is 0 Å². The Bertz CT molecular complexity index is 439. The van der Waals surface area contributed by atoms with Crippen molar-refractivity contribution >= 4 is 0 Å². The summed E-state index contributed by atoms with van der Waals surface area (Å²) in [5.41, 5.74) is 9.42. The lowest BCUT2D eigenvalue weighted by atomic mass is 9.94. The molecule has 1 saturated carbocycles. The van der Waals surface area contributed by atoms with E-state index in [0.717, 1.165) is 25.2 Å². The van der Waals surface area contributed by atoms with Gasteiger partial charge in [-0.1, -0.05) is 26.0 Å². The first kappa shape index (κ1) is 11.1. The molecule has 2 aliphatic rings. The van der Waals surface area contributed by atoms with Crippen LogP contribution in [-0.2, 0) is 6.42 Å². The maximum Gasteiger partial charge on any atom is 0.122 e. The molecule has 0 aromatic heterocycles. The van der Waals surface area contributed by atoms with E-state index in [-0.39, 0.29) is 6.04 Å². The molecule has 2 N–H and O–H groups in total. The minimum Gasteiger partial charge on any atom is -0.493 e. The van der Waals surface area contributed by atoms with E-state index in [1.807, 2.05) is 0 Å². The highest BCUT2D eigenvalue weighted by Gasteiger charge is 2.49. The zero-order valence-electron chi connectivity index (χ0n) is 10.7. The van der Waals surface area contributed by atoms with Crippen molar-refractivity contribution in [3.8, 4) is 5.75 Å². The Morgan fingerprint density at radius 3 is 2.88 bits per heavy atom. The molecule has 1 heterocycles. The Hall–Kier alpha value is -1.02. The van der Waals surface area contributed by atoms with Crippen molar-refractivity contribution in [1.29, 1.82) is 0 Å². The lowest BCUT2D eigenvalue weighted by Crippen LogP contribution is -2.16. The second kappa shape index (κ2) is 3.74. The summed E-state index contributed by atoms with van der Waals surface area (Å²) in [7, 11) is 0. The molecule has 0 amide bonds. The third kappa shape index (κ3) is 1.95. The summed E-state index contributed by atoms with van der Waals surface area (Å²) < 4.78 is 5.63. The first-order chi connectivity index (χ1) is 8.08. The van der Waals surface area contributed by atoms with Gasteiger partial charge in [-0.2, -0.15) is 0 Å². The van der Waals surface area contributed by atoms with Crippen molar-refractivity contribution in [2.75, 3.05) is 6.61 Å². The van der Waals surface area contributed by atoms with E-state index in [4.69, 9.17) is 10.5 Å². The van der Waals surface area contributed by atoms with Crippen LogP contribution in [0.15, 0.2) is 18.2 Å². The zero-order chi connectivity index (χ0) is 12.0. The van der Waals surface area contributed by atoms with E-state index in [0.29, 0.717) is 11.3 Å². The maximum absolute atomic E-state index is 6.37. The summed E-state index contributed by atoms with van der Waals surface area (Å²) in [4.78, 5) is 0. The standard InChI is InChI=1S/C15H21NO/c1-15(2)9-12(15)14(16)11-5-6-13-10(8-11)4-3-7-17-13/h5-6,8,12,14H,3-4,7,9,16H2,1-2H3. The van der Waals surface area contributed by atoms with Crippen molar-refractivity contribution in [2.24, 2.45) is 17.1 Å². The summed E-state index contributed by atoms with van der Waals surface area (Å²) in [5.74, 6) is 1.70. The van der Waals surface area contributed by atoms with Crippen LogP contribution in [0.5, 0.6) is 5.75 Å². The van der Waals surface area contributed by atoms with Gasteiger partial charge in [-0.15, -0.1) is 0 Å². The Kier molecular flexibility index (Phi) is 2.44. The van der Waals surface area contributed by atoms with Gasteiger partial charge < -0.3 is 10.5 Å². The number of aryl methyl sites for hydroxylation is 1. The number of benzene rings is 1. The largest absolute Gasteiger partial charge is 0.493 e. The van der Waals surface area contributed by atoms with Crippen LogP contribution in [0.3, 0.4) is 0 Å². The highest BCUT2D eigenvalue weighted by atomic mass is 16.5. The minimum absolute atomic E-state index is 0.192. The van der Waals surface area contributed by atoms with Crippen LogP contribution in [0.1, 0.15) is 43.9 Å². The van der Waals surface area contributed by atoms with E-state index in [1.54, 1.807) is 0 Å². The number of hydrogen-bond acceptors (Lipinski definition) is 2. The van der Waals surface area contributed by atoms with Crippen LogP contribution in [-0.4, -0.2) is 6.61 Å². The molecule has 92 valence electrons.